The SMILES string of the molecule is O=C1N=C(Nc2ccc(C(Br)C(=O)O)c(F)c2)SC1=Cc1cc2ccccc2cc1OCc1ccc(-c2ccccc2)cc1. The Balaban J connectivity index is 1.21. The monoisotopic (exact) mass is 666 g/mol. The molecule has 0 fully saturated rings. The van der Waals surface area contributed by atoms with Gasteiger partial charge in [0.05, 0.1) is 4.91 Å². The van der Waals surface area contributed by atoms with Crippen LogP contribution in [0.3, 0.4) is 0 Å². The van der Waals surface area contributed by atoms with Crippen molar-refractivity contribution < 1.29 is 23.8 Å². The molecule has 1 aliphatic heterocycles. The number of aliphatic carboxylic acids is 1. The Morgan fingerprint density at radius 2 is 1.61 bits per heavy atom. The summed E-state index contributed by atoms with van der Waals surface area (Å²) in [5, 5.41) is 14.4. The first-order valence-electron chi connectivity index (χ1n) is 13.6. The number of fused-ring (bicyclic) bond motifs is 1. The molecule has 1 amide bonds. The van der Waals surface area contributed by atoms with Crippen molar-refractivity contribution in [1.82, 2.24) is 0 Å². The number of nitrogens with zero attached hydrogens (tertiary/aromatic N) is 1. The van der Waals surface area contributed by atoms with Crippen LogP contribution in [0.5, 0.6) is 5.75 Å². The van der Waals surface area contributed by atoms with Crippen LogP contribution in [0, 0.1) is 5.82 Å². The van der Waals surface area contributed by atoms with Crippen molar-refractivity contribution in [2.75, 3.05) is 5.32 Å². The molecule has 0 bridgehead atoms. The maximum Gasteiger partial charge on any atom is 0.321 e. The van der Waals surface area contributed by atoms with Gasteiger partial charge in [-0.1, -0.05) is 101 Å². The largest absolute Gasteiger partial charge is 0.488 e. The average Bonchev–Trinajstić information content (AvgIpc) is 3.38. The number of amidine groups is 1. The number of carbonyl (C=O) groups is 2. The van der Waals surface area contributed by atoms with Crippen LogP contribution < -0.4 is 10.1 Å². The Hall–Kier alpha value is -4.73. The molecule has 6 nitrogen and oxygen atoms in total. The van der Waals surface area contributed by atoms with Crippen molar-refractivity contribution in [3.63, 3.8) is 0 Å². The number of alkyl halides is 1. The first-order valence-corrected chi connectivity index (χ1v) is 15.3. The molecular weight excluding hydrogens is 643 g/mol. The third-order valence-corrected chi connectivity index (χ3v) is 8.77. The summed E-state index contributed by atoms with van der Waals surface area (Å²) in [5.74, 6) is -1.70. The van der Waals surface area contributed by atoms with Crippen molar-refractivity contribution in [3.05, 3.63) is 137 Å². The number of hydrogen-bond donors (Lipinski definition) is 2. The topological polar surface area (TPSA) is 88.0 Å². The van der Waals surface area contributed by atoms with E-state index in [1.807, 2.05) is 66.7 Å². The molecule has 5 aromatic rings. The second-order valence-corrected chi connectivity index (χ2v) is 11.9. The van der Waals surface area contributed by atoms with Crippen molar-refractivity contribution in [2.45, 2.75) is 11.4 Å². The molecule has 1 atom stereocenters. The van der Waals surface area contributed by atoms with E-state index in [0.717, 1.165) is 44.8 Å². The lowest BCUT2D eigenvalue weighted by Crippen LogP contribution is -2.09. The zero-order valence-electron chi connectivity index (χ0n) is 23.0. The number of carboxylic acid groups (broad SMARTS) is 1. The van der Waals surface area contributed by atoms with E-state index in [2.05, 4.69) is 50.5 Å². The molecule has 1 unspecified atom stereocenters. The van der Waals surface area contributed by atoms with Gasteiger partial charge in [0, 0.05) is 16.8 Å². The highest BCUT2D eigenvalue weighted by atomic mass is 79.9. The zero-order valence-corrected chi connectivity index (χ0v) is 25.4. The summed E-state index contributed by atoms with van der Waals surface area (Å²) in [4.78, 5) is 27.4. The third-order valence-electron chi connectivity index (χ3n) is 6.98. The van der Waals surface area contributed by atoms with Crippen LogP contribution in [0.2, 0.25) is 0 Å². The third kappa shape index (κ3) is 6.59. The van der Waals surface area contributed by atoms with E-state index in [0.29, 0.717) is 22.9 Å². The van der Waals surface area contributed by atoms with Gasteiger partial charge in [-0.15, -0.1) is 0 Å². The van der Waals surface area contributed by atoms with Crippen LogP contribution in [0.4, 0.5) is 10.1 Å². The van der Waals surface area contributed by atoms with Crippen LogP contribution in [-0.4, -0.2) is 22.2 Å². The lowest BCUT2D eigenvalue weighted by molar-refractivity contribution is -0.136. The molecule has 5 aromatic carbocycles. The predicted octanol–water partition coefficient (Wildman–Crippen LogP) is 8.83. The van der Waals surface area contributed by atoms with Crippen LogP contribution in [0.25, 0.3) is 28.0 Å². The molecule has 0 spiro atoms. The van der Waals surface area contributed by atoms with E-state index in [1.54, 1.807) is 6.08 Å². The van der Waals surface area contributed by atoms with Gasteiger partial charge in [-0.05, 0) is 69.6 Å². The fraction of sp³-hybridized carbons (Fsp3) is 0.0571. The number of halogens is 2. The maximum atomic E-state index is 14.6. The minimum absolute atomic E-state index is 0.00306. The van der Waals surface area contributed by atoms with Gasteiger partial charge in [-0.3, -0.25) is 9.59 Å². The zero-order chi connectivity index (χ0) is 30.6. The second kappa shape index (κ2) is 12.9. The van der Waals surface area contributed by atoms with E-state index in [9.17, 15) is 14.0 Å². The van der Waals surface area contributed by atoms with Gasteiger partial charge in [0.15, 0.2) is 5.17 Å². The first-order chi connectivity index (χ1) is 21.3. The standard InChI is InChI=1S/C35H24BrFN2O4S/c36-32(34(41)42)28-15-14-27(19-29(28)37)38-35-39-33(40)31(44-35)18-26-16-24-8-4-5-9-25(24)17-30(26)43-20-21-10-12-23(13-11-21)22-6-2-1-3-7-22/h1-19,32H,20H2,(H,41,42)(H,38,39,40). The first kappa shape index (κ1) is 29.3. The normalized spacial score (nSPS) is 14.5. The van der Waals surface area contributed by atoms with E-state index in [-0.39, 0.29) is 10.7 Å². The molecule has 0 saturated heterocycles. The lowest BCUT2D eigenvalue weighted by Gasteiger charge is -2.12. The van der Waals surface area contributed by atoms with Gasteiger partial charge in [0.1, 0.15) is 23.0 Å². The van der Waals surface area contributed by atoms with E-state index in [1.165, 1.54) is 18.2 Å². The number of thioether (sulfide) groups is 1. The average molecular weight is 668 g/mol. The van der Waals surface area contributed by atoms with E-state index in [4.69, 9.17) is 9.84 Å². The highest BCUT2D eigenvalue weighted by Crippen LogP contribution is 2.35. The summed E-state index contributed by atoms with van der Waals surface area (Å²) in [6.07, 6.45) is 1.75. The summed E-state index contributed by atoms with van der Waals surface area (Å²) in [5.41, 5.74) is 4.33. The number of rotatable bonds is 8. The number of anilines is 1. The van der Waals surface area contributed by atoms with Gasteiger partial charge in [-0.2, -0.15) is 4.99 Å². The smallest absolute Gasteiger partial charge is 0.321 e. The summed E-state index contributed by atoms with van der Waals surface area (Å²) in [6, 6.07) is 34.3. The maximum absolute atomic E-state index is 14.6. The Morgan fingerprint density at radius 3 is 2.32 bits per heavy atom. The van der Waals surface area contributed by atoms with Crippen LogP contribution in [0.15, 0.2) is 119 Å². The van der Waals surface area contributed by atoms with Crippen LogP contribution in [-0.2, 0) is 16.2 Å². The minimum atomic E-state index is -1.20. The Kier molecular flexibility index (Phi) is 8.58. The number of nitrogens with one attached hydrogen (secondary N) is 1. The summed E-state index contributed by atoms with van der Waals surface area (Å²) in [7, 11) is 0. The van der Waals surface area contributed by atoms with Crippen molar-refractivity contribution in [2.24, 2.45) is 4.99 Å². The number of ether oxygens (including phenoxy) is 1. The second-order valence-electron chi connectivity index (χ2n) is 9.98. The highest BCUT2D eigenvalue weighted by Gasteiger charge is 2.24. The van der Waals surface area contributed by atoms with E-state index >= 15 is 0 Å². The Labute approximate surface area is 265 Å². The fourth-order valence-electron chi connectivity index (χ4n) is 4.73. The van der Waals surface area contributed by atoms with E-state index < -0.39 is 22.5 Å². The molecule has 44 heavy (non-hydrogen) atoms. The molecule has 0 aliphatic carbocycles. The number of amides is 1. The quantitative estimate of drug-likeness (QED) is 0.127. The molecule has 1 heterocycles. The summed E-state index contributed by atoms with van der Waals surface area (Å²) in [6.45, 7) is 0.340. The molecule has 218 valence electrons. The van der Waals surface area contributed by atoms with Gasteiger partial charge in [0.2, 0.25) is 0 Å². The molecule has 1 aliphatic rings. The highest BCUT2D eigenvalue weighted by molar-refractivity contribution is 9.09. The Bertz CT molecular complexity index is 1940. The Morgan fingerprint density at radius 1 is 0.932 bits per heavy atom. The minimum Gasteiger partial charge on any atom is -0.488 e. The fourth-order valence-corrected chi connectivity index (χ4v) is 5.93. The molecule has 6 rings (SSSR count). The van der Waals surface area contributed by atoms with Crippen molar-refractivity contribution in [3.8, 4) is 16.9 Å². The molecule has 0 radical (unpaired) electrons. The number of carbonyl (C=O) groups excluding carboxylic acids is 1. The van der Waals surface area contributed by atoms with Gasteiger partial charge < -0.3 is 15.2 Å². The summed E-state index contributed by atoms with van der Waals surface area (Å²) >= 11 is 4.09. The number of benzene rings is 5. The van der Waals surface area contributed by atoms with Crippen LogP contribution in [0.1, 0.15) is 21.5 Å². The van der Waals surface area contributed by atoms with Gasteiger partial charge in [-0.25, -0.2) is 4.39 Å². The molecular formula is C35H24BrFN2O4S. The molecule has 9 heteroatoms. The van der Waals surface area contributed by atoms with Crippen molar-refractivity contribution >= 4 is 67.3 Å². The molecule has 2 N–H and O–H groups in total. The number of aliphatic imine (C=N–C) groups is 1. The predicted molar refractivity (Wildman–Crippen MR) is 177 cm³/mol. The number of carboxylic acids is 1. The van der Waals surface area contributed by atoms with Crippen molar-refractivity contribution in [1.29, 1.82) is 0 Å². The lowest BCUT2D eigenvalue weighted by atomic mass is 10.0. The molecule has 0 saturated carbocycles. The van der Waals surface area contributed by atoms with Gasteiger partial charge >= 0.3 is 5.97 Å². The number of hydrogen-bond acceptors (Lipinski definition) is 5. The van der Waals surface area contributed by atoms with Crippen LogP contribution >= 0.6 is 27.7 Å². The summed E-state index contributed by atoms with van der Waals surface area (Å²) < 4.78 is 20.9. The van der Waals surface area contributed by atoms with Gasteiger partial charge in [0.25, 0.3) is 5.91 Å². The molecule has 0 aromatic heterocycles.